The molecular weight excluding hydrogens is 284 g/mol. The second-order valence-corrected chi connectivity index (χ2v) is 5.88. The molecule has 1 aromatic heterocycles. The van der Waals surface area contributed by atoms with E-state index in [1.54, 1.807) is 24.3 Å². The highest BCUT2D eigenvalue weighted by Crippen LogP contribution is 2.34. The van der Waals surface area contributed by atoms with Crippen molar-refractivity contribution in [2.75, 3.05) is 5.32 Å². The summed E-state index contributed by atoms with van der Waals surface area (Å²) in [5.41, 5.74) is -0.759. The molecule has 0 unspecified atom stereocenters. The number of anilines is 1. The number of para-hydroxylation sites is 1. The van der Waals surface area contributed by atoms with Gasteiger partial charge in [-0.05, 0) is 30.9 Å². The molecule has 1 aliphatic carbocycles. The number of hydrogen-bond donors (Lipinski definition) is 1. The van der Waals surface area contributed by atoms with Gasteiger partial charge < -0.3 is 9.73 Å². The lowest BCUT2D eigenvalue weighted by Gasteiger charge is -2.30. The van der Waals surface area contributed by atoms with Crippen LogP contribution in [0, 0.1) is 16.0 Å². The maximum absolute atomic E-state index is 12.0. The van der Waals surface area contributed by atoms with Crippen molar-refractivity contribution in [3.8, 4) is 0 Å². The topological polar surface area (TPSA) is 85.4 Å². The van der Waals surface area contributed by atoms with Gasteiger partial charge >= 0.3 is 11.3 Å². The first-order chi connectivity index (χ1) is 10.6. The van der Waals surface area contributed by atoms with E-state index in [0.717, 1.165) is 19.3 Å². The number of fused-ring (bicyclic) bond motifs is 1. The van der Waals surface area contributed by atoms with Gasteiger partial charge in [-0.3, -0.25) is 10.1 Å². The Labute approximate surface area is 127 Å². The fourth-order valence-corrected chi connectivity index (χ4v) is 3.17. The molecule has 1 N–H and O–H groups in total. The van der Waals surface area contributed by atoms with Crippen molar-refractivity contribution in [2.24, 2.45) is 5.92 Å². The zero-order valence-corrected chi connectivity index (χ0v) is 12.4. The number of nitrogens with one attached hydrogen (secondary N) is 1. The highest BCUT2D eigenvalue weighted by Gasteiger charge is 2.29. The number of rotatable bonds is 3. The third-order valence-electron chi connectivity index (χ3n) is 4.41. The summed E-state index contributed by atoms with van der Waals surface area (Å²) in [7, 11) is 0. The van der Waals surface area contributed by atoms with E-state index < -0.39 is 16.2 Å². The quantitative estimate of drug-likeness (QED) is 0.531. The molecule has 6 nitrogen and oxygen atoms in total. The molecule has 1 saturated carbocycles. The normalized spacial score (nSPS) is 21.7. The van der Waals surface area contributed by atoms with Crippen LogP contribution in [0.4, 0.5) is 11.4 Å². The summed E-state index contributed by atoms with van der Waals surface area (Å²) in [4.78, 5) is 22.6. The van der Waals surface area contributed by atoms with E-state index in [1.165, 1.54) is 6.42 Å². The summed E-state index contributed by atoms with van der Waals surface area (Å²) in [5, 5.41) is 15.2. The summed E-state index contributed by atoms with van der Waals surface area (Å²) < 4.78 is 5.07. The van der Waals surface area contributed by atoms with Crippen LogP contribution in [0.3, 0.4) is 0 Å². The highest BCUT2D eigenvalue weighted by atomic mass is 16.6. The molecule has 1 fully saturated rings. The van der Waals surface area contributed by atoms with Crippen LogP contribution in [0.2, 0.25) is 0 Å². The fourth-order valence-electron chi connectivity index (χ4n) is 3.17. The molecule has 0 radical (unpaired) electrons. The Balaban J connectivity index is 2.14. The van der Waals surface area contributed by atoms with Gasteiger partial charge in [0.25, 0.3) is 0 Å². The molecule has 2 aromatic rings. The van der Waals surface area contributed by atoms with Gasteiger partial charge in [0.1, 0.15) is 11.3 Å². The van der Waals surface area contributed by atoms with Crippen LogP contribution in [0.25, 0.3) is 11.0 Å². The smallest absolute Gasteiger partial charge is 0.417 e. The minimum absolute atomic E-state index is 0.137. The molecule has 1 aliphatic rings. The van der Waals surface area contributed by atoms with Crippen molar-refractivity contribution in [3.63, 3.8) is 0 Å². The maximum atomic E-state index is 12.0. The molecule has 6 heteroatoms. The van der Waals surface area contributed by atoms with E-state index >= 15 is 0 Å². The molecule has 0 aliphatic heterocycles. The van der Waals surface area contributed by atoms with Crippen LogP contribution in [0.1, 0.15) is 32.6 Å². The van der Waals surface area contributed by atoms with Crippen LogP contribution >= 0.6 is 0 Å². The van der Waals surface area contributed by atoms with Gasteiger partial charge in [0.05, 0.1) is 4.92 Å². The van der Waals surface area contributed by atoms with Crippen molar-refractivity contribution < 1.29 is 9.34 Å². The van der Waals surface area contributed by atoms with Crippen LogP contribution < -0.4 is 10.9 Å². The lowest BCUT2D eigenvalue weighted by atomic mass is 9.85. The summed E-state index contributed by atoms with van der Waals surface area (Å²) in [6, 6.07) is 7.04. The van der Waals surface area contributed by atoms with Crippen molar-refractivity contribution in [3.05, 3.63) is 44.8 Å². The molecule has 1 aromatic carbocycles. The minimum Gasteiger partial charge on any atom is -0.418 e. The van der Waals surface area contributed by atoms with Crippen LogP contribution in [0.15, 0.2) is 33.5 Å². The van der Waals surface area contributed by atoms with E-state index in [9.17, 15) is 14.9 Å². The minimum atomic E-state index is -0.908. The standard InChI is InChI=1S/C16H18N2O4/c1-10-6-2-4-8-12(10)17-14-11-7-3-5-9-13(11)22-16(19)15(14)18(20)21/h3,5,7,9-10,12,17H,2,4,6,8H2,1H3/t10-,12-/m1/s1. The number of hydrogen-bond acceptors (Lipinski definition) is 5. The third kappa shape index (κ3) is 2.56. The SMILES string of the molecule is C[C@@H]1CCCC[C@H]1Nc1c([N+](=O)[O-])c(=O)oc2ccccc12. The van der Waals surface area contributed by atoms with Crippen LogP contribution in [0.5, 0.6) is 0 Å². The summed E-state index contributed by atoms with van der Waals surface area (Å²) in [6.45, 7) is 2.14. The van der Waals surface area contributed by atoms with Crippen molar-refractivity contribution in [1.82, 2.24) is 0 Å². The molecule has 0 amide bonds. The van der Waals surface area contributed by atoms with E-state index in [-0.39, 0.29) is 11.7 Å². The van der Waals surface area contributed by atoms with Gasteiger partial charge in [-0.25, -0.2) is 4.79 Å². The van der Waals surface area contributed by atoms with Gasteiger partial charge in [-0.1, -0.05) is 31.9 Å². The van der Waals surface area contributed by atoms with Crippen molar-refractivity contribution >= 4 is 22.3 Å². The van der Waals surface area contributed by atoms with Crippen LogP contribution in [-0.4, -0.2) is 11.0 Å². The first kappa shape index (κ1) is 14.6. The van der Waals surface area contributed by atoms with Gasteiger partial charge in [-0.15, -0.1) is 0 Å². The molecule has 0 bridgehead atoms. The monoisotopic (exact) mass is 302 g/mol. The average molecular weight is 302 g/mol. The zero-order chi connectivity index (χ0) is 15.7. The summed E-state index contributed by atoms with van der Waals surface area (Å²) >= 11 is 0. The average Bonchev–Trinajstić information content (AvgIpc) is 2.49. The van der Waals surface area contributed by atoms with E-state index in [4.69, 9.17) is 4.42 Å². The summed E-state index contributed by atoms with van der Waals surface area (Å²) in [5.74, 6) is 0.416. The van der Waals surface area contributed by atoms with Crippen molar-refractivity contribution in [2.45, 2.75) is 38.6 Å². The van der Waals surface area contributed by atoms with Gasteiger partial charge in [0.2, 0.25) is 0 Å². The lowest BCUT2D eigenvalue weighted by molar-refractivity contribution is -0.386. The molecule has 0 saturated heterocycles. The Morgan fingerprint density at radius 1 is 1.27 bits per heavy atom. The van der Waals surface area contributed by atoms with Crippen LogP contribution in [-0.2, 0) is 0 Å². The predicted octanol–water partition coefficient (Wildman–Crippen LogP) is 3.69. The van der Waals surface area contributed by atoms with Gasteiger partial charge in [-0.2, -0.15) is 0 Å². The van der Waals surface area contributed by atoms with E-state index in [1.807, 2.05) is 0 Å². The Morgan fingerprint density at radius 3 is 2.73 bits per heavy atom. The van der Waals surface area contributed by atoms with Gasteiger partial charge in [0.15, 0.2) is 0 Å². The maximum Gasteiger partial charge on any atom is 0.417 e. The largest absolute Gasteiger partial charge is 0.418 e. The third-order valence-corrected chi connectivity index (χ3v) is 4.41. The Bertz CT molecular complexity index is 768. The second-order valence-electron chi connectivity index (χ2n) is 5.88. The first-order valence-electron chi connectivity index (χ1n) is 7.54. The lowest BCUT2D eigenvalue weighted by Crippen LogP contribution is -2.31. The Morgan fingerprint density at radius 2 is 2.00 bits per heavy atom. The second kappa shape index (κ2) is 5.79. The van der Waals surface area contributed by atoms with E-state index in [0.29, 0.717) is 16.9 Å². The molecule has 2 atom stereocenters. The fraction of sp³-hybridized carbons (Fsp3) is 0.438. The van der Waals surface area contributed by atoms with Crippen molar-refractivity contribution in [1.29, 1.82) is 0 Å². The first-order valence-corrected chi connectivity index (χ1v) is 7.54. The molecule has 1 heterocycles. The highest BCUT2D eigenvalue weighted by molar-refractivity contribution is 5.94. The zero-order valence-electron chi connectivity index (χ0n) is 12.4. The molecule has 3 rings (SSSR count). The number of benzene rings is 1. The molecule has 0 spiro atoms. The molecule has 116 valence electrons. The summed E-state index contributed by atoms with van der Waals surface area (Å²) in [6.07, 6.45) is 4.31. The Hall–Kier alpha value is -2.37. The van der Waals surface area contributed by atoms with E-state index in [2.05, 4.69) is 12.2 Å². The predicted molar refractivity (Wildman–Crippen MR) is 84.2 cm³/mol. The Kier molecular flexibility index (Phi) is 3.83. The van der Waals surface area contributed by atoms with Gasteiger partial charge in [0, 0.05) is 11.4 Å². The number of nitrogens with zero attached hydrogens (tertiary/aromatic N) is 1. The molecular formula is C16H18N2O4. The number of nitro groups is 1. The molecule has 22 heavy (non-hydrogen) atoms.